The lowest BCUT2D eigenvalue weighted by atomic mass is 9.85. The minimum Gasteiger partial charge on any atom is -0.390 e. The minimum atomic E-state index is -0.713. The Morgan fingerprint density at radius 2 is 1.79 bits per heavy atom. The third-order valence-electron chi connectivity index (χ3n) is 8.78. The fourth-order valence-electron chi connectivity index (χ4n) is 7.08. The molecular weight excluding hydrogens is 495 g/mol. The molecule has 0 saturated carbocycles. The maximum atomic E-state index is 14.6. The summed E-state index contributed by atoms with van der Waals surface area (Å²) in [5.41, 5.74) is 3.21. The monoisotopic (exact) mass is 526 g/mol. The molecule has 2 N–H and O–H groups in total. The van der Waals surface area contributed by atoms with Crippen molar-refractivity contribution in [2.45, 2.75) is 50.0 Å². The number of hydrogen-bond acceptors (Lipinski definition) is 6. The van der Waals surface area contributed by atoms with Crippen LogP contribution in [0.5, 0.6) is 0 Å². The summed E-state index contributed by atoms with van der Waals surface area (Å²) in [4.78, 5) is 18.9. The van der Waals surface area contributed by atoms with Gasteiger partial charge in [-0.05, 0) is 78.5 Å². The number of aliphatic hydroxyl groups excluding tert-OH is 1. The first kappa shape index (κ1) is 24.2. The van der Waals surface area contributed by atoms with Crippen LogP contribution in [0.2, 0.25) is 0 Å². The van der Waals surface area contributed by atoms with Gasteiger partial charge < -0.3 is 20.2 Å². The quantitative estimate of drug-likeness (QED) is 0.401. The van der Waals surface area contributed by atoms with Gasteiger partial charge in [0, 0.05) is 18.2 Å². The second-order valence-corrected chi connectivity index (χ2v) is 10.8. The van der Waals surface area contributed by atoms with E-state index in [1.807, 2.05) is 17.0 Å². The van der Waals surface area contributed by atoms with Crippen molar-refractivity contribution in [1.82, 2.24) is 25.2 Å². The molecule has 7 rings (SSSR count). The number of nitrogens with zero attached hydrogens (tertiary/aromatic N) is 5. The van der Waals surface area contributed by atoms with E-state index in [0.29, 0.717) is 31.6 Å². The third kappa shape index (κ3) is 3.83. The summed E-state index contributed by atoms with van der Waals surface area (Å²) in [6.07, 6.45) is 3.66. The Bertz CT molecular complexity index is 1530. The van der Waals surface area contributed by atoms with Crippen molar-refractivity contribution in [2.75, 3.05) is 24.5 Å². The van der Waals surface area contributed by atoms with Gasteiger partial charge in [0.15, 0.2) is 0 Å². The highest BCUT2D eigenvalue weighted by atomic mass is 19.1. The van der Waals surface area contributed by atoms with Crippen molar-refractivity contribution in [3.8, 4) is 0 Å². The molecule has 1 spiro atoms. The normalized spacial score (nSPS) is 21.9. The second-order valence-electron chi connectivity index (χ2n) is 10.8. The van der Waals surface area contributed by atoms with Gasteiger partial charge in [0.25, 0.3) is 0 Å². The Morgan fingerprint density at radius 1 is 1.03 bits per heavy atom. The molecule has 1 aromatic heterocycles. The summed E-state index contributed by atoms with van der Waals surface area (Å²) >= 11 is 0. The zero-order valence-electron chi connectivity index (χ0n) is 21.6. The highest BCUT2D eigenvalue weighted by Crippen LogP contribution is 2.50. The molecule has 200 valence electrons. The number of nitrogens with one attached hydrogen (secondary N) is 1. The van der Waals surface area contributed by atoms with Gasteiger partial charge >= 0.3 is 0 Å². The molecule has 3 heterocycles. The number of amides is 1. The van der Waals surface area contributed by atoms with Crippen molar-refractivity contribution in [1.29, 1.82) is 0 Å². The van der Waals surface area contributed by atoms with E-state index in [2.05, 4.69) is 56.9 Å². The van der Waals surface area contributed by atoms with E-state index < -0.39 is 5.54 Å². The lowest BCUT2D eigenvalue weighted by Crippen LogP contribution is -2.57. The molecule has 9 heteroatoms. The first-order valence-electron chi connectivity index (χ1n) is 13.7. The molecule has 3 aromatic carbocycles. The van der Waals surface area contributed by atoms with Gasteiger partial charge in [-0.1, -0.05) is 41.6 Å². The molecule has 2 atom stereocenters. The Morgan fingerprint density at radius 3 is 2.54 bits per heavy atom. The highest BCUT2D eigenvalue weighted by Gasteiger charge is 2.59. The first-order valence-corrected chi connectivity index (χ1v) is 13.7. The molecule has 4 aromatic rings. The zero-order valence-corrected chi connectivity index (χ0v) is 21.6. The average molecular weight is 527 g/mol. The summed E-state index contributed by atoms with van der Waals surface area (Å²) in [5, 5.41) is 23.5. The number of carbonyl (C=O) groups excluding carboxylic acids is 1. The van der Waals surface area contributed by atoms with Gasteiger partial charge in [-0.15, -0.1) is 5.10 Å². The Hall–Kier alpha value is -3.82. The summed E-state index contributed by atoms with van der Waals surface area (Å²) in [5.74, 6) is -0.122. The van der Waals surface area contributed by atoms with Crippen molar-refractivity contribution in [3.63, 3.8) is 0 Å². The van der Waals surface area contributed by atoms with E-state index in [0.717, 1.165) is 25.2 Å². The molecule has 1 aliphatic carbocycles. The Kier molecular flexibility index (Phi) is 5.86. The maximum Gasteiger partial charge on any atom is 0.250 e. The van der Waals surface area contributed by atoms with Crippen molar-refractivity contribution >= 4 is 22.4 Å². The fraction of sp³-hybridized carbons (Fsp3) is 0.367. The number of piperidine rings is 1. The molecule has 2 saturated heterocycles. The van der Waals surface area contributed by atoms with E-state index >= 15 is 0 Å². The summed E-state index contributed by atoms with van der Waals surface area (Å²) < 4.78 is 15.8. The molecule has 3 aliphatic rings. The van der Waals surface area contributed by atoms with Crippen LogP contribution in [-0.2, 0) is 24.4 Å². The minimum absolute atomic E-state index is 0.0538. The molecule has 2 fully saturated rings. The van der Waals surface area contributed by atoms with Crippen LogP contribution in [0.4, 0.5) is 10.1 Å². The number of carbonyl (C=O) groups is 1. The smallest absolute Gasteiger partial charge is 0.250 e. The molecule has 39 heavy (non-hydrogen) atoms. The molecule has 2 aliphatic heterocycles. The number of rotatable bonds is 6. The topological polar surface area (TPSA) is 86.5 Å². The molecule has 1 amide bonds. The van der Waals surface area contributed by atoms with E-state index in [4.69, 9.17) is 0 Å². The van der Waals surface area contributed by atoms with E-state index in [9.17, 15) is 14.3 Å². The summed E-state index contributed by atoms with van der Waals surface area (Å²) in [6.45, 7) is 2.23. The van der Waals surface area contributed by atoms with E-state index in [1.54, 1.807) is 10.9 Å². The maximum absolute atomic E-state index is 14.6. The Balaban J connectivity index is 1.36. The van der Waals surface area contributed by atoms with Crippen LogP contribution in [0.3, 0.4) is 0 Å². The van der Waals surface area contributed by atoms with Gasteiger partial charge in [0.05, 0.1) is 19.3 Å². The van der Waals surface area contributed by atoms with E-state index in [-0.39, 0.29) is 30.4 Å². The lowest BCUT2D eigenvalue weighted by Gasteiger charge is -2.44. The molecular formula is C30H31FN6O2. The number of halogens is 1. The largest absolute Gasteiger partial charge is 0.390 e. The Labute approximate surface area is 226 Å². The van der Waals surface area contributed by atoms with Crippen LogP contribution in [0.15, 0.2) is 66.9 Å². The number of aromatic nitrogens is 3. The van der Waals surface area contributed by atoms with Gasteiger partial charge in [0.1, 0.15) is 23.2 Å². The van der Waals surface area contributed by atoms with Crippen molar-refractivity contribution < 1.29 is 14.3 Å². The first-order chi connectivity index (χ1) is 19.1. The van der Waals surface area contributed by atoms with Crippen molar-refractivity contribution in [2.24, 2.45) is 0 Å². The van der Waals surface area contributed by atoms with Crippen LogP contribution < -0.4 is 10.2 Å². The van der Waals surface area contributed by atoms with E-state index in [1.165, 1.54) is 34.0 Å². The van der Waals surface area contributed by atoms with Crippen LogP contribution in [-0.4, -0.2) is 62.2 Å². The van der Waals surface area contributed by atoms with Gasteiger partial charge in [-0.2, -0.15) is 0 Å². The summed E-state index contributed by atoms with van der Waals surface area (Å²) in [6, 6.07) is 19.5. The van der Waals surface area contributed by atoms with Crippen LogP contribution in [0.25, 0.3) is 10.8 Å². The molecule has 2 unspecified atom stereocenters. The number of anilines is 1. The van der Waals surface area contributed by atoms with Crippen molar-refractivity contribution in [3.05, 3.63) is 89.5 Å². The number of benzene rings is 3. The van der Waals surface area contributed by atoms with Gasteiger partial charge in [0.2, 0.25) is 5.91 Å². The summed E-state index contributed by atoms with van der Waals surface area (Å²) in [7, 11) is 0. The average Bonchev–Trinajstić information content (AvgIpc) is 3.64. The van der Waals surface area contributed by atoms with Crippen LogP contribution in [0.1, 0.15) is 35.6 Å². The highest BCUT2D eigenvalue weighted by molar-refractivity contribution is 5.96. The van der Waals surface area contributed by atoms with Gasteiger partial charge in [-0.25, -0.2) is 4.39 Å². The van der Waals surface area contributed by atoms with Crippen LogP contribution in [0, 0.1) is 5.82 Å². The molecule has 8 nitrogen and oxygen atoms in total. The predicted molar refractivity (Wildman–Crippen MR) is 146 cm³/mol. The van der Waals surface area contributed by atoms with Crippen LogP contribution >= 0.6 is 0 Å². The second kappa shape index (κ2) is 9.43. The molecule has 0 radical (unpaired) electrons. The number of hydrogen-bond donors (Lipinski definition) is 2. The lowest BCUT2D eigenvalue weighted by molar-refractivity contribution is -0.134. The standard InChI is InChI=1S/C30H31FN6O2/c31-22-7-9-24(10-8-22)37-28(26-17-21-5-1-3-20-4-2-6-25(26)27(20)21)36(16-15-35-18-23(19-38)33-34-35)29(39)30(37)11-13-32-14-12-30/h1-10,18,26,28,32,38H,11-17,19H2. The zero-order chi connectivity index (χ0) is 26.6. The van der Waals surface area contributed by atoms with Gasteiger partial charge in [-0.3, -0.25) is 9.48 Å². The SMILES string of the molecule is O=C1N(CCn2cc(CO)nn2)C(C2Cc3cccc4cccc2c34)N(c2ccc(F)cc2)C12CCNCC2. The number of aliphatic hydroxyl groups is 1. The fourth-order valence-corrected chi connectivity index (χ4v) is 7.08. The third-order valence-corrected chi connectivity index (χ3v) is 8.78. The molecule has 0 bridgehead atoms. The predicted octanol–water partition coefficient (Wildman–Crippen LogP) is 3.20.